The molecule has 1 amide bonds. The summed E-state index contributed by atoms with van der Waals surface area (Å²) < 4.78 is 12.5. The van der Waals surface area contributed by atoms with Gasteiger partial charge in [0.15, 0.2) is 0 Å². The van der Waals surface area contributed by atoms with Crippen LogP contribution in [0.3, 0.4) is 0 Å². The number of halogens is 1. The molecule has 0 aliphatic carbocycles. The van der Waals surface area contributed by atoms with E-state index in [4.69, 9.17) is 0 Å². The van der Waals surface area contributed by atoms with Gasteiger partial charge in [0.05, 0.1) is 12.3 Å². The molecule has 1 aromatic heterocycles. The summed E-state index contributed by atoms with van der Waals surface area (Å²) >= 11 is 0. The molecule has 2 N–H and O–H groups in total. The molecule has 1 heterocycles. The molecular weight excluding hydrogens is 211 g/mol. The van der Waals surface area contributed by atoms with Crippen LogP contribution >= 0.6 is 0 Å². The highest BCUT2D eigenvalue weighted by molar-refractivity contribution is 5.92. The fourth-order valence-electron chi connectivity index (χ4n) is 1.16. The third kappa shape index (κ3) is 3.94. The maximum Gasteiger partial charge on any atom is 0.269 e. The Kier molecular flexibility index (Phi) is 4.85. The maximum absolute atomic E-state index is 12.5. The summed E-state index contributed by atoms with van der Waals surface area (Å²) in [5.74, 6) is -0.832. The number of hydrogen-bond acceptors (Lipinski definition) is 3. The van der Waals surface area contributed by atoms with Gasteiger partial charge in [-0.3, -0.25) is 4.79 Å². The van der Waals surface area contributed by atoms with E-state index in [9.17, 15) is 14.3 Å². The van der Waals surface area contributed by atoms with Crippen LogP contribution in [-0.2, 0) is 0 Å². The second-order valence-corrected chi connectivity index (χ2v) is 3.47. The SMILES string of the molecule is CCC(O)CCNC(=O)c1ccc(F)cn1. The van der Waals surface area contributed by atoms with E-state index in [1.165, 1.54) is 12.1 Å². The van der Waals surface area contributed by atoms with Crippen molar-refractivity contribution in [1.29, 1.82) is 0 Å². The van der Waals surface area contributed by atoms with Gasteiger partial charge in [0.2, 0.25) is 0 Å². The molecule has 0 saturated carbocycles. The molecular formula is C11H15FN2O2. The summed E-state index contributed by atoms with van der Waals surface area (Å²) in [7, 11) is 0. The van der Waals surface area contributed by atoms with Gasteiger partial charge in [0.25, 0.3) is 5.91 Å². The van der Waals surface area contributed by atoms with Gasteiger partial charge in [0.1, 0.15) is 11.5 Å². The maximum atomic E-state index is 12.5. The number of nitrogens with zero attached hydrogens (tertiary/aromatic N) is 1. The first-order valence-corrected chi connectivity index (χ1v) is 5.21. The standard InChI is InChI=1S/C11H15FN2O2/c1-2-9(15)5-6-13-11(16)10-4-3-8(12)7-14-10/h3-4,7,9,15H,2,5-6H2,1H3,(H,13,16). The first kappa shape index (κ1) is 12.6. The van der Waals surface area contributed by atoms with Gasteiger partial charge in [-0.25, -0.2) is 9.37 Å². The number of rotatable bonds is 5. The third-order valence-electron chi connectivity index (χ3n) is 2.19. The van der Waals surface area contributed by atoms with Crippen molar-refractivity contribution in [3.05, 3.63) is 29.8 Å². The highest BCUT2D eigenvalue weighted by atomic mass is 19.1. The van der Waals surface area contributed by atoms with E-state index in [1.54, 1.807) is 0 Å². The zero-order valence-corrected chi connectivity index (χ0v) is 9.11. The lowest BCUT2D eigenvalue weighted by Gasteiger charge is -2.08. The predicted molar refractivity (Wildman–Crippen MR) is 57.4 cm³/mol. The summed E-state index contributed by atoms with van der Waals surface area (Å²) in [6, 6.07) is 2.50. The average molecular weight is 226 g/mol. The summed E-state index contributed by atoms with van der Waals surface area (Å²) in [6.45, 7) is 2.25. The molecule has 0 spiro atoms. The lowest BCUT2D eigenvalue weighted by atomic mass is 10.2. The number of aliphatic hydroxyl groups excluding tert-OH is 1. The molecule has 1 aromatic rings. The Bertz CT molecular complexity index is 340. The van der Waals surface area contributed by atoms with Crippen molar-refractivity contribution in [2.45, 2.75) is 25.9 Å². The topological polar surface area (TPSA) is 62.2 Å². The molecule has 1 rings (SSSR count). The molecule has 0 fully saturated rings. The van der Waals surface area contributed by atoms with Gasteiger partial charge >= 0.3 is 0 Å². The largest absolute Gasteiger partial charge is 0.393 e. The van der Waals surface area contributed by atoms with Crippen molar-refractivity contribution in [3.63, 3.8) is 0 Å². The number of carbonyl (C=O) groups excluding carboxylic acids is 1. The Morgan fingerprint density at radius 1 is 1.62 bits per heavy atom. The van der Waals surface area contributed by atoms with E-state index >= 15 is 0 Å². The number of pyridine rings is 1. The lowest BCUT2D eigenvalue weighted by Crippen LogP contribution is -2.27. The molecule has 0 aliphatic rings. The van der Waals surface area contributed by atoms with Crippen molar-refractivity contribution in [2.75, 3.05) is 6.54 Å². The second-order valence-electron chi connectivity index (χ2n) is 3.47. The first-order chi connectivity index (χ1) is 7.63. The van der Waals surface area contributed by atoms with Crippen LogP contribution in [0.2, 0.25) is 0 Å². The van der Waals surface area contributed by atoms with Crippen molar-refractivity contribution in [3.8, 4) is 0 Å². The highest BCUT2D eigenvalue weighted by Crippen LogP contribution is 1.99. The number of nitrogens with one attached hydrogen (secondary N) is 1. The van der Waals surface area contributed by atoms with Crippen molar-refractivity contribution in [2.24, 2.45) is 0 Å². The molecule has 0 radical (unpaired) electrons. The van der Waals surface area contributed by atoms with Crippen LogP contribution < -0.4 is 5.32 Å². The summed E-state index contributed by atoms with van der Waals surface area (Å²) in [4.78, 5) is 15.1. The van der Waals surface area contributed by atoms with E-state index in [1.807, 2.05) is 6.92 Å². The highest BCUT2D eigenvalue weighted by Gasteiger charge is 2.07. The van der Waals surface area contributed by atoms with Crippen LogP contribution in [-0.4, -0.2) is 28.6 Å². The van der Waals surface area contributed by atoms with Gasteiger partial charge in [-0.05, 0) is 25.0 Å². The van der Waals surface area contributed by atoms with Gasteiger partial charge in [-0.15, -0.1) is 0 Å². The summed E-state index contributed by atoms with van der Waals surface area (Å²) in [6.07, 6.45) is 1.76. The first-order valence-electron chi connectivity index (χ1n) is 5.21. The van der Waals surface area contributed by atoms with Gasteiger partial charge < -0.3 is 10.4 Å². The Morgan fingerprint density at radius 3 is 2.94 bits per heavy atom. The van der Waals surface area contributed by atoms with Crippen LogP contribution in [0.5, 0.6) is 0 Å². The fourth-order valence-corrected chi connectivity index (χ4v) is 1.16. The van der Waals surface area contributed by atoms with Crippen LogP contribution in [0.1, 0.15) is 30.3 Å². The van der Waals surface area contributed by atoms with E-state index in [0.717, 1.165) is 6.20 Å². The molecule has 0 aliphatic heterocycles. The minimum atomic E-state index is -0.474. The Morgan fingerprint density at radius 2 is 2.38 bits per heavy atom. The number of amides is 1. The molecule has 5 heteroatoms. The molecule has 1 unspecified atom stereocenters. The molecule has 0 bridgehead atoms. The Balaban J connectivity index is 2.38. The molecule has 0 aromatic carbocycles. The quantitative estimate of drug-likeness (QED) is 0.790. The summed E-state index contributed by atoms with van der Waals surface area (Å²) in [5, 5.41) is 11.9. The minimum absolute atomic E-state index is 0.174. The van der Waals surface area contributed by atoms with Crippen molar-refractivity contribution >= 4 is 5.91 Å². The molecule has 0 saturated heterocycles. The smallest absolute Gasteiger partial charge is 0.269 e. The van der Waals surface area contributed by atoms with E-state index in [2.05, 4.69) is 10.3 Å². The average Bonchev–Trinajstić information content (AvgIpc) is 2.29. The normalized spacial score (nSPS) is 12.2. The number of aromatic nitrogens is 1. The molecule has 16 heavy (non-hydrogen) atoms. The molecule has 4 nitrogen and oxygen atoms in total. The van der Waals surface area contributed by atoms with Crippen molar-refractivity contribution in [1.82, 2.24) is 10.3 Å². The van der Waals surface area contributed by atoms with E-state index in [0.29, 0.717) is 19.4 Å². The Hall–Kier alpha value is -1.49. The number of hydrogen-bond donors (Lipinski definition) is 2. The number of carbonyl (C=O) groups is 1. The Labute approximate surface area is 93.5 Å². The molecule has 88 valence electrons. The zero-order valence-electron chi connectivity index (χ0n) is 9.11. The van der Waals surface area contributed by atoms with Crippen LogP contribution in [0.15, 0.2) is 18.3 Å². The lowest BCUT2D eigenvalue weighted by molar-refractivity contribution is 0.0937. The summed E-state index contributed by atoms with van der Waals surface area (Å²) in [5.41, 5.74) is 0.174. The minimum Gasteiger partial charge on any atom is -0.393 e. The van der Waals surface area contributed by atoms with Gasteiger partial charge in [-0.1, -0.05) is 6.92 Å². The fraction of sp³-hybridized carbons (Fsp3) is 0.455. The molecule has 1 atom stereocenters. The van der Waals surface area contributed by atoms with Crippen LogP contribution in [0, 0.1) is 5.82 Å². The van der Waals surface area contributed by atoms with Gasteiger partial charge in [-0.2, -0.15) is 0 Å². The number of aliphatic hydroxyl groups is 1. The van der Waals surface area contributed by atoms with E-state index in [-0.39, 0.29) is 11.6 Å². The van der Waals surface area contributed by atoms with Crippen LogP contribution in [0.25, 0.3) is 0 Å². The second kappa shape index (κ2) is 6.17. The third-order valence-corrected chi connectivity index (χ3v) is 2.19. The predicted octanol–water partition coefficient (Wildman–Crippen LogP) is 1.11. The van der Waals surface area contributed by atoms with Gasteiger partial charge in [0, 0.05) is 6.54 Å². The van der Waals surface area contributed by atoms with E-state index < -0.39 is 11.9 Å². The zero-order chi connectivity index (χ0) is 12.0. The van der Waals surface area contributed by atoms with Crippen molar-refractivity contribution < 1.29 is 14.3 Å². The monoisotopic (exact) mass is 226 g/mol. The van der Waals surface area contributed by atoms with Crippen LogP contribution in [0.4, 0.5) is 4.39 Å².